The van der Waals surface area contributed by atoms with Crippen LogP contribution in [0.15, 0.2) is 18.2 Å². The van der Waals surface area contributed by atoms with Gasteiger partial charge in [-0.05, 0) is 51.6 Å². The summed E-state index contributed by atoms with van der Waals surface area (Å²) in [4.78, 5) is 2.06. The van der Waals surface area contributed by atoms with E-state index in [9.17, 15) is 5.11 Å². The lowest BCUT2D eigenvalue weighted by atomic mass is 9.85. The van der Waals surface area contributed by atoms with Gasteiger partial charge in [0.25, 0.3) is 0 Å². The molecule has 96 valence electrons. The van der Waals surface area contributed by atoms with Crippen molar-refractivity contribution in [3.8, 4) is 0 Å². The van der Waals surface area contributed by atoms with Gasteiger partial charge in [-0.3, -0.25) is 0 Å². The molecule has 2 atom stereocenters. The molecule has 3 heteroatoms. The van der Waals surface area contributed by atoms with Crippen LogP contribution in [-0.2, 0) is 0 Å². The third-order valence-electron chi connectivity index (χ3n) is 3.84. The summed E-state index contributed by atoms with van der Waals surface area (Å²) < 4.78 is 0. The zero-order valence-corrected chi connectivity index (χ0v) is 12.0. The first-order valence-corrected chi connectivity index (χ1v) is 6.32. The molecule has 0 aliphatic heterocycles. The van der Waals surface area contributed by atoms with Crippen LogP contribution in [0.5, 0.6) is 0 Å². The van der Waals surface area contributed by atoms with E-state index in [2.05, 4.69) is 18.7 Å². The molecule has 1 rings (SSSR count). The number of nitrogens with zero attached hydrogens (tertiary/aromatic N) is 1. The fourth-order valence-electron chi connectivity index (χ4n) is 1.89. The fourth-order valence-corrected chi connectivity index (χ4v) is 2.08. The highest BCUT2D eigenvalue weighted by Crippen LogP contribution is 2.34. The van der Waals surface area contributed by atoms with E-state index in [0.717, 1.165) is 17.5 Å². The SMILES string of the molecule is CCC(C)(C(O)c1ccc(C)c(Cl)c1)N(C)C. The minimum atomic E-state index is -0.541. The van der Waals surface area contributed by atoms with Gasteiger partial charge in [0.15, 0.2) is 0 Å². The first kappa shape index (κ1) is 14.5. The summed E-state index contributed by atoms with van der Waals surface area (Å²) in [6.45, 7) is 6.11. The summed E-state index contributed by atoms with van der Waals surface area (Å²) in [6.07, 6.45) is 0.327. The molecule has 0 saturated heterocycles. The van der Waals surface area contributed by atoms with Crippen LogP contribution in [0.2, 0.25) is 5.02 Å². The van der Waals surface area contributed by atoms with Gasteiger partial charge < -0.3 is 10.0 Å². The molecule has 0 fully saturated rings. The number of rotatable bonds is 4. The first-order chi connectivity index (χ1) is 7.82. The number of aliphatic hydroxyl groups is 1. The van der Waals surface area contributed by atoms with Crippen LogP contribution in [0.25, 0.3) is 0 Å². The maximum Gasteiger partial charge on any atom is 0.0971 e. The Balaban J connectivity index is 3.10. The average Bonchev–Trinajstić information content (AvgIpc) is 2.30. The molecular formula is C14H22ClNO. The number of hydrogen-bond donors (Lipinski definition) is 1. The van der Waals surface area contributed by atoms with Crippen LogP contribution in [0.3, 0.4) is 0 Å². The zero-order valence-electron chi connectivity index (χ0n) is 11.3. The van der Waals surface area contributed by atoms with Crippen molar-refractivity contribution in [2.75, 3.05) is 14.1 Å². The van der Waals surface area contributed by atoms with Gasteiger partial charge in [-0.2, -0.15) is 0 Å². The minimum absolute atomic E-state index is 0.279. The Morgan fingerprint density at radius 1 is 1.41 bits per heavy atom. The zero-order chi connectivity index (χ0) is 13.2. The molecule has 1 N–H and O–H groups in total. The van der Waals surface area contributed by atoms with E-state index in [1.807, 2.05) is 39.2 Å². The number of halogens is 1. The maximum absolute atomic E-state index is 10.5. The second-order valence-electron chi connectivity index (χ2n) is 5.02. The second kappa shape index (κ2) is 5.38. The minimum Gasteiger partial charge on any atom is -0.386 e. The highest BCUT2D eigenvalue weighted by molar-refractivity contribution is 6.31. The molecule has 0 aliphatic carbocycles. The van der Waals surface area contributed by atoms with Crippen LogP contribution >= 0.6 is 11.6 Å². The predicted molar refractivity (Wildman–Crippen MR) is 73.5 cm³/mol. The van der Waals surface area contributed by atoms with E-state index < -0.39 is 6.10 Å². The molecule has 0 heterocycles. The van der Waals surface area contributed by atoms with Crippen LogP contribution in [0.4, 0.5) is 0 Å². The average molecular weight is 256 g/mol. The van der Waals surface area contributed by atoms with Crippen molar-refractivity contribution < 1.29 is 5.11 Å². The molecular weight excluding hydrogens is 234 g/mol. The van der Waals surface area contributed by atoms with E-state index in [4.69, 9.17) is 11.6 Å². The number of hydrogen-bond acceptors (Lipinski definition) is 2. The molecule has 0 amide bonds. The van der Waals surface area contributed by atoms with Crippen molar-refractivity contribution in [3.63, 3.8) is 0 Å². The lowest BCUT2D eigenvalue weighted by Gasteiger charge is -2.40. The van der Waals surface area contributed by atoms with Gasteiger partial charge in [-0.15, -0.1) is 0 Å². The third kappa shape index (κ3) is 2.82. The van der Waals surface area contributed by atoms with Gasteiger partial charge in [0.05, 0.1) is 6.10 Å². The summed E-state index contributed by atoms with van der Waals surface area (Å²) >= 11 is 6.11. The van der Waals surface area contributed by atoms with Crippen molar-refractivity contribution in [3.05, 3.63) is 34.3 Å². The number of likely N-dealkylation sites (N-methyl/N-ethyl adjacent to an activating group) is 1. The second-order valence-corrected chi connectivity index (χ2v) is 5.42. The molecule has 17 heavy (non-hydrogen) atoms. The molecule has 0 spiro atoms. The highest BCUT2D eigenvalue weighted by Gasteiger charge is 2.34. The molecule has 0 saturated carbocycles. The molecule has 0 aromatic heterocycles. The van der Waals surface area contributed by atoms with Gasteiger partial charge >= 0.3 is 0 Å². The maximum atomic E-state index is 10.5. The Morgan fingerprint density at radius 3 is 2.41 bits per heavy atom. The van der Waals surface area contributed by atoms with Gasteiger partial charge in [-0.25, -0.2) is 0 Å². The largest absolute Gasteiger partial charge is 0.386 e. The Kier molecular flexibility index (Phi) is 4.59. The summed E-state index contributed by atoms with van der Waals surface area (Å²) in [5, 5.41) is 11.2. The van der Waals surface area contributed by atoms with E-state index in [1.54, 1.807) is 0 Å². The Bertz CT molecular complexity index is 392. The molecule has 0 radical (unpaired) electrons. The lowest BCUT2D eigenvalue weighted by molar-refractivity contribution is 0.000867. The molecule has 0 aliphatic rings. The van der Waals surface area contributed by atoms with E-state index in [1.165, 1.54) is 0 Å². The Morgan fingerprint density at radius 2 is 2.00 bits per heavy atom. The van der Waals surface area contributed by atoms with Crippen LogP contribution in [0, 0.1) is 6.92 Å². The fraction of sp³-hybridized carbons (Fsp3) is 0.571. The smallest absolute Gasteiger partial charge is 0.0971 e. The van der Waals surface area contributed by atoms with Crippen LogP contribution < -0.4 is 0 Å². The normalized spacial score (nSPS) is 16.9. The molecule has 1 aromatic rings. The van der Waals surface area contributed by atoms with Crippen molar-refractivity contribution in [1.29, 1.82) is 0 Å². The van der Waals surface area contributed by atoms with Gasteiger partial charge in [0.2, 0.25) is 0 Å². The Labute approximate surface area is 109 Å². The monoisotopic (exact) mass is 255 g/mol. The third-order valence-corrected chi connectivity index (χ3v) is 4.25. The summed E-state index contributed by atoms with van der Waals surface area (Å²) in [6, 6.07) is 5.76. The molecule has 1 aromatic carbocycles. The Hall–Kier alpha value is -0.570. The quantitative estimate of drug-likeness (QED) is 0.891. The summed E-state index contributed by atoms with van der Waals surface area (Å²) in [7, 11) is 3.98. The van der Waals surface area contributed by atoms with Crippen LogP contribution in [0.1, 0.15) is 37.5 Å². The van der Waals surface area contributed by atoms with Crippen LogP contribution in [-0.4, -0.2) is 29.6 Å². The van der Waals surface area contributed by atoms with Crippen molar-refractivity contribution in [2.45, 2.75) is 38.8 Å². The van der Waals surface area contributed by atoms with Gasteiger partial charge in [0, 0.05) is 10.6 Å². The lowest BCUT2D eigenvalue weighted by Crippen LogP contribution is -2.46. The standard InChI is InChI=1S/C14H22ClNO/c1-6-14(3,16(4)5)13(17)11-8-7-10(2)12(15)9-11/h7-9,13,17H,6H2,1-5H3. The van der Waals surface area contributed by atoms with Crippen molar-refractivity contribution in [1.82, 2.24) is 4.90 Å². The summed E-state index contributed by atoms with van der Waals surface area (Å²) in [5.41, 5.74) is 1.63. The van der Waals surface area contributed by atoms with E-state index >= 15 is 0 Å². The number of benzene rings is 1. The number of aryl methyl sites for hydroxylation is 1. The first-order valence-electron chi connectivity index (χ1n) is 5.94. The van der Waals surface area contributed by atoms with E-state index in [-0.39, 0.29) is 5.54 Å². The molecule has 0 bridgehead atoms. The predicted octanol–water partition coefficient (Wildman–Crippen LogP) is 3.41. The topological polar surface area (TPSA) is 23.5 Å². The molecule has 2 unspecified atom stereocenters. The van der Waals surface area contributed by atoms with Gasteiger partial charge in [0.1, 0.15) is 0 Å². The van der Waals surface area contributed by atoms with Crippen molar-refractivity contribution in [2.24, 2.45) is 0 Å². The van der Waals surface area contributed by atoms with Gasteiger partial charge in [-0.1, -0.05) is 30.7 Å². The number of aliphatic hydroxyl groups excluding tert-OH is 1. The summed E-state index contributed by atoms with van der Waals surface area (Å²) in [5.74, 6) is 0. The molecule has 2 nitrogen and oxygen atoms in total. The highest BCUT2D eigenvalue weighted by atomic mass is 35.5. The van der Waals surface area contributed by atoms with E-state index in [0.29, 0.717) is 5.02 Å². The van der Waals surface area contributed by atoms with Crippen molar-refractivity contribution >= 4 is 11.6 Å².